The Bertz CT molecular complexity index is 2100. The van der Waals surface area contributed by atoms with Crippen molar-refractivity contribution < 1.29 is 35.8 Å². The Hall–Kier alpha value is -5.09. The second kappa shape index (κ2) is 11.4. The summed E-state index contributed by atoms with van der Waals surface area (Å²) in [6.07, 6.45) is 0. The van der Waals surface area contributed by atoms with Gasteiger partial charge in [-0.1, -0.05) is 24.3 Å². The van der Waals surface area contributed by atoms with Gasteiger partial charge < -0.3 is 22.3 Å². The number of nitrogen functional groups attached to an aromatic ring is 2. The number of carbonyl (C=O) groups excluding carboxylic acids is 1. The number of rotatable bonds is 5. The molecule has 5 rings (SSSR count). The van der Waals surface area contributed by atoms with Gasteiger partial charge in [0, 0.05) is 38.5 Å². The summed E-state index contributed by atoms with van der Waals surface area (Å²) in [6.45, 7) is 0. The van der Waals surface area contributed by atoms with Gasteiger partial charge in [0.05, 0.1) is 10.6 Å². The van der Waals surface area contributed by atoms with Gasteiger partial charge in [0.25, 0.3) is 20.2 Å². The Balaban J connectivity index is 0.000000343. The zero-order valence-electron chi connectivity index (χ0n) is 21.4. The van der Waals surface area contributed by atoms with Gasteiger partial charge in [-0.15, -0.1) is 10.2 Å². The number of nitrogens with zero attached hydrogens (tertiary/aromatic N) is 2. The first-order valence-corrected chi connectivity index (χ1v) is 14.6. The molecule has 5 aromatic rings. The van der Waals surface area contributed by atoms with Crippen molar-refractivity contribution in [3.05, 3.63) is 90.5 Å². The largest absolute Gasteiger partial charge is 0.505 e. The molecule has 0 aromatic heterocycles. The highest BCUT2D eigenvalue weighted by molar-refractivity contribution is 7.86. The van der Waals surface area contributed by atoms with Crippen LogP contribution in [-0.4, -0.2) is 37.0 Å². The van der Waals surface area contributed by atoms with Crippen molar-refractivity contribution in [2.24, 2.45) is 16.0 Å². The van der Waals surface area contributed by atoms with E-state index in [-0.39, 0.29) is 37.7 Å². The smallest absolute Gasteiger partial charge is 0.295 e. The zero-order chi connectivity index (χ0) is 30.8. The molecule has 1 amide bonds. The number of primary amides is 1. The number of phenolic OH excluding ortho intramolecular Hbond substituents is 1. The number of hydrogen-bond acceptors (Lipinski definition) is 10. The highest BCUT2D eigenvalue weighted by Gasteiger charge is 2.17. The molecule has 0 aliphatic heterocycles. The Kier molecular flexibility index (Phi) is 8.12. The molecule has 0 unspecified atom stereocenters. The van der Waals surface area contributed by atoms with Crippen molar-refractivity contribution in [1.29, 1.82) is 0 Å². The maximum atomic E-state index is 11.6. The molecular formula is C27H23N5O8S2. The van der Waals surface area contributed by atoms with E-state index < -0.39 is 26.1 Å². The van der Waals surface area contributed by atoms with Crippen molar-refractivity contribution >= 4 is 70.4 Å². The van der Waals surface area contributed by atoms with Gasteiger partial charge >= 0.3 is 0 Å². The summed E-state index contributed by atoms with van der Waals surface area (Å²) in [6, 6.07) is 20.1. The van der Waals surface area contributed by atoms with Crippen molar-refractivity contribution in [3.8, 4) is 5.75 Å². The Morgan fingerprint density at radius 2 is 1.29 bits per heavy atom. The molecule has 0 saturated carbocycles. The van der Waals surface area contributed by atoms with Crippen molar-refractivity contribution in [2.75, 3.05) is 11.5 Å². The summed E-state index contributed by atoms with van der Waals surface area (Å²) in [5.74, 6) is -0.773. The lowest BCUT2D eigenvalue weighted by Crippen LogP contribution is -2.10. The van der Waals surface area contributed by atoms with Crippen molar-refractivity contribution in [1.82, 2.24) is 0 Å². The third kappa shape index (κ3) is 6.45. The Morgan fingerprint density at radius 1 is 0.667 bits per heavy atom. The summed E-state index contributed by atoms with van der Waals surface area (Å²) in [5, 5.41) is 19.7. The van der Waals surface area contributed by atoms with Crippen LogP contribution in [-0.2, 0) is 20.2 Å². The molecule has 13 nitrogen and oxygen atoms in total. The molecule has 0 spiro atoms. The molecule has 15 heteroatoms. The van der Waals surface area contributed by atoms with Crippen LogP contribution in [0, 0.1) is 0 Å². The van der Waals surface area contributed by atoms with E-state index in [2.05, 4.69) is 10.2 Å². The molecule has 9 N–H and O–H groups in total. The second-order valence-corrected chi connectivity index (χ2v) is 11.6. The van der Waals surface area contributed by atoms with E-state index >= 15 is 0 Å². The van der Waals surface area contributed by atoms with Crippen LogP contribution in [0.15, 0.2) is 105 Å². The summed E-state index contributed by atoms with van der Waals surface area (Å²) < 4.78 is 64.6. The van der Waals surface area contributed by atoms with E-state index in [1.807, 2.05) is 0 Å². The lowest BCUT2D eigenvalue weighted by Gasteiger charge is -2.08. The third-order valence-electron chi connectivity index (χ3n) is 6.01. The third-order valence-corrected chi connectivity index (χ3v) is 7.77. The van der Waals surface area contributed by atoms with Gasteiger partial charge in [-0.25, -0.2) is 0 Å². The van der Waals surface area contributed by atoms with Gasteiger partial charge in [0.1, 0.15) is 10.6 Å². The molecule has 0 bridgehead atoms. The number of amides is 1. The van der Waals surface area contributed by atoms with E-state index in [1.165, 1.54) is 54.6 Å². The maximum absolute atomic E-state index is 11.6. The van der Waals surface area contributed by atoms with Crippen LogP contribution in [0.2, 0.25) is 0 Å². The van der Waals surface area contributed by atoms with Crippen LogP contribution < -0.4 is 17.2 Å². The number of carbonyl (C=O) groups is 1. The average molecular weight is 610 g/mol. The van der Waals surface area contributed by atoms with Gasteiger partial charge in [-0.3, -0.25) is 13.9 Å². The van der Waals surface area contributed by atoms with Crippen LogP contribution >= 0.6 is 0 Å². The van der Waals surface area contributed by atoms with Crippen LogP contribution in [0.3, 0.4) is 0 Å². The highest BCUT2D eigenvalue weighted by Crippen LogP contribution is 2.39. The maximum Gasteiger partial charge on any atom is 0.295 e. The minimum atomic E-state index is -4.49. The number of fused-ring (bicyclic) bond motifs is 2. The summed E-state index contributed by atoms with van der Waals surface area (Å²) >= 11 is 0. The minimum absolute atomic E-state index is 0.0320. The van der Waals surface area contributed by atoms with Crippen LogP contribution in [0.25, 0.3) is 21.5 Å². The number of benzene rings is 5. The SMILES string of the molecule is NC(=O)c1ccc(N)cc1.Nc1ccc(N=Nc2ccc3c(S(=O)(=O)O)cccc3c2O)c2ccc(S(=O)(=O)O)cc12. The fourth-order valence-corrected chi connectivity index (χ4v) is 5.16. The number of hydrogen-bond donors (Lipinski definition) is 6. The first-order valence-electron chi connectivity index (χ1n) is 11.8. The molecule has 0 saturated heterocycles. The quantitative estimate of drug-likeness (QED) is 0.0920. The number of nitrogens with two attached hydrogens (primary N) is 3. The molecule has 0 aliphatic carbocycles. The molecule has 0 heterocycles. The van der Waals surface area contributed by atoms with Crippen LogP contribution in [0.4, 0.5) is 22.7 Å². The molecule has 42 heavy (non-hydrogen) atoms. The van der Waals surface area contributed by atoms with E-state index in [0.717, 1.165) is 0 Å². The van der Waals surface area contributed by atoms with Gasteiger partial charge in [-0.05, 0) is 60.7 Å². The standard InChI is InChI=1S/C20H15N3O7S2.C7H8N2O/c21-16-7-9-17(12-5-4-11(10-15(12)16)31(25,26)27)22-23-18-8-6-13-14(20(18)24)2-1-3-19(13)32(28,29)30;8-6-3-1-5(2-4-6)7(9)10/h1-10,24H,21H2,(H,25,26,27)(H,28,29,30);1-4H,8H2,(H2,9,10). The molecule has 0 radical (unpaired) electrons. The first-order chi connectivity index (χ1) is 19.7. The summed E-state index contributed by atoms with van der Waals surface area (Å²) in [7, 11) is -8.92. The fourth-order valence-electron chi connectivity index (χ4n) is 3.94. The van der Waals surface area contributed by atoms with Crippen molar-refractivity contribution in [2.45, 2.75) is 9.79 Å². The molecule has 0 atom stereocenters. The number of phenols is 1. The monoisotopic (exact) mass is 609 g/mol. The van der Waals surface area contributed by atoms with Gasteiger partial charge in [0.15, 0.2) is 5.75 Å². The molecule has 0 fully saturated rings. The molecule has 0 aliphatic rings. The van der Waals surface area contributed by atoms with E-state index in [1.54, 1.807) is 30.3 Å². The zero-order valence-corrected chi connectivity index (χ0v) is 23.0. The predicted octanol–water partition coefficient (Wildman–Crippen LogP) is 4.56. The first kappa shape index (κ1) is 29.9. The van der Waals surface area contributed by atoms with E-state index in [4.69, 9.17) is 17.2 Å². The average Bonchev–Trinajstić information content (AvgIpc) is 2.93. The highest BCUT2D eigenvalue weighted by atomic mass is 32.2. The van der Waals surface area contributed by atoms with Gasteiger partial charge in [0.2, 0.25) is 5.91 Å². The van der Waals surface area contributed by atoms with Crippen molar-refractivity contribution in [3.63, 3.8) is 0 Å². The summed E-state index contributed by atoms with van der Waals surface area (Å²) in [4.78, 5) is 9.81. The number of anilines is 2. The van der Waals surface area contributed by atoms with E-state index in [9.17, 15) is 35.8 Å². The predicted molar refractivity (Wildman–Crippen MR) is 157 cm³/mol. The number of aromatic hydroxyl groups is 1. The lowest BCUT2D eigenvalue weighted by atomic mass is 10.1. The van der Waals surface area contributed by atoms with E-state index in [0.29, 0.717) is 27.7 Å². The normalized spacial score (nSPS) is 11.9. The fraction of sp³-hybridized carbons (Fsp3) is 0. The van der Waals surface area contributed by atoms with Crippen LogP contribution in [0.5, 0.6) is 5.75 Å². The molecule has 216 valence electrons. The topological polar surface area (TPSA) is 249 Å². The molecule has 5 aromatic carbocycles. The number of azo groups is 1. The Labute approximate surface area is 239 Å². The van der Waals surface area contributed by atoms with Gasteiger partial charge in [-0.2, -0.15) is 16.8 Å². The lowest BCUT2D eigenvalue weighted by molar-refractivity contribution is 0.1000. The summed E-state index contributed by atoms with van der Waals surface area (Å²) in [5.41, 5.74) is 18.0. The van der Waals surface area contributed by atoms with Crippen LogP contribution in [0.1, 0.15) is 10.4 Å². The second-order valence-electron chi connectivity index (χ2n) is 8.80. The minimum Gasteiger partial charge on any atom is -0.505 e. The Morgan fingerprint density at radius 3 is 1.90 bits per heavy atom. The molecular weight excluding hydrogens is 586 g/mol.